The normalized spacial score (nSPS) is 11.7. The van der Waals surface area contributed by atoms with Crippen LogP contribution in [0.15, 0.2) is 54.6 Å². The Balaban J connectivity index is 2.03. The number of nitrogens with one attached hydrogen (secondary N) is 1. The minimum atomic E-state index is -0.226. The minimum absolute atomic E-state index is 0.170. The summed E-state index contributed by atoms with van der Waals surface area (Å²) < 4.78 is 0. The van der Waals surface area contributed by atoms with E-state index in [1.165, 1.54) is 0 Å². The van der Waals surface area contributed by atoms with Crippen LogP contribution in [0.3, 0.4) is 0 Å². The molecule has 0 fully saturated rings. The number of amides is 1. The van der Waals surface area contributed by atoms with Gasteiger partial charge in [-0.2, -0.15) is 0 Å². The maximum Gasteiger partial charge on any atom is 0.251 e. The maximum absolute atomic E-state index is 12.1. The quantitative estimate of drug-likeness (QED) is 0.832. The molecular formula is C17H16ClNO2. The van der Waals surface area contributed by atoms with Crippen molar-refractivity contribution >= 4 is 23.8 Å². The van der Waals surface area contributed by atoms with E-state index in [1.807, 2.05) is 30.3 Å². The van der Waals surface area contributed by atoms with Gasteiger partial charge in [0.1, 0.15) is 6.29 Å². The van der Waals surface area contributed by atoms with Crippen molar-refractivity contribution in [3.8, 4) is 0 Å². The summed E-state index contributed by atoms with van der Waals surface area (Å²) >= 11 is 5.85. The molecule has 2 rings (SSSR count). The molecule has 108 valence electrons. The van der Waals surface area contributed by atoms with Gasteiger partial charge in [0.2, 0.25) is 0 Å². The van der Waals surface area contributed by atoms with Crippen molar-refractivity contribution in [3.63, 3.8) is 0 Å². The van der Waals surface area contributed by atoms with Crippen LogP contribution in [-0.4, -0.2) is 18.2 Å². The lowest BCUT2D eigenvalue weighted by Gasteiger charge is -2.16. The standard InChI is InChI=1S/C17H16ClNO2/c18-15-8-6-13(7-9-15)12-16(10-11-20)19-17(21)14-4-2-1-3-5-14/h1-9,11,16H,10,12H2,(H,19,21). The molecule has 0 aliphatic heterocycles. The summed E-state index contributed by atoms with van der Waals surface area (Å²) in [5.74, 6) is -0.170. The molecule has 0 aliphatic rings. The predicted molar refractivity (Wildman–Crippen MR) is 83.5 cm³/mol. The van der Waals surface area contributed by atoms with Crippen LogP contribution in [0.1, 0.15) is 22.3 Å². The number of halogens is 1. The summed E-state index contributed by atoms with van der Waals surface area (Å²) in [6.07, 6.45) is 1.70. The summed E-state index contributed by atoms with van der Waals surface area (Å²) in [5, 5.41) is 3.56. The Morgan fingerprint density at radius 1 is 1.10 bits per heavy atom. The zero-order valence-electron chi connectivity index (χ0n) is 11.5. The predicted octanol–water partition coefficient (Wildman–Crippen LogP) is 3.27. The first-order valence-corrected chi connectivity index (χ1v) is 7.11. The third-order valence-electron chi connectivity index (χ3n) is 3.15. The fourth-order valence-electron chi connectivity index (χ4n) is 2.07. The molecule has 2 aromatic carbocycles. The van der Waals surface area contributed by atoms with E-state index in [1.54, 1.807) is 24.3 Å². The summed E-state index contributed by atoms with van der Waals surface area (Å²) in [6, 6.07) is 16.1. The Morgan fingerprint density at radius 2 is 1.76 bits per heavy atom. The third-order valence-corrected chi connectivity index (χ3v) is 3.40. The molecule has 0 spiro atoms. The smallest absolute Gasteiger partial charge is 0.251 e. The van der Waals surface area contributed by atoms with Crippen LogP contribution in [0, 0.1) is 0 Å². The first kappa shape index (κ1) is 15.3. The van der Waals surface area contributed by atoms with Gasteiger partial charge in [-0.05, 0) is 36.2 Å². The molecule has 0 aliphatic carbocycles. The van der Waals surface area contributed by atoms with E-state index in [0.29, 0.717) is 17.0 Å². The molecule has 3 nitrogen and oxygen atoms in total. The van der Waals surface area contributed by atoms with Crippen molar-refractivity contribution in [2.24, 2.45) is 0 Å². The SMILES string of the molecule is O=CCC(Cc1ccc(Cl)cc1)NC(=O)c1ccccc1. The zero-order valence-corrected chi connectivity index (χ0v) is 12.2. The minimum Gasteiger partial charge on any atom is -0.349 e. The maximum atomic E-state index is 12.1. The summed E-state index contributed by atoms with van der Waals surface area (Å²) in [4.78, 5) is 22.9. The largest absolute Gasteiger partial charge is 0.349 e. The van der Waals surface area contributed by atoms with Gasteiger partial charge in [-0.1, -0.05) is 41.9 Å². The van der Waals surface area contributed by atoms with Gasteiger partial charge in [0, 0.05) is 23.0 Å². The van der Waals surface area contributed by atoms with Crippen LogP contribution in [-0.2, 0) is 11.2 Å². The van der Waals surface area contributed by atoms with Crippen molar-refractivity contribution in [1.29, 1.82) is 0 Å². The van der Waals surface area contributed by atoms with Gasteiger partial charge in [0.25, 0.3) is 5.91 Å². The lowest BCUT2D eigenvalue weighted by Crippen LogP contribution is -2.36. The van der Waals surface area contributed by atoms with E-state index in [2.05, 4.69) is 5.32 Å². The van der Waals surface area contributed by atoms with Gasteiger partial charge in [-0.3, -0.25) is 4.79 Å². The highest BCUT2D eigenvalue weighted by Crippen LogP contribution is 2.12. The van der Waals surface area contributed by atoms with Crippen LogP contribution < -0.4 is 5.32 Å². The first-order valence-electron chi connectivity index (χ1n) is 6.73. The molecule has 0 saturated heterocycles. The Kier molecular flexibility index (Phi) is 5.52. The number of carbonyl (C=O) groups is 2. The molecule has 1 unspecified atom stereocenters. The van der Waals surface area contributed by atoms with Crippen molar-refractivity contribution in [1.82, 2.24) is 5.32 Å². The molecular weight excluding hydrogens is 286 g/mol. The molecule has 0 bridgehead atoms. The highest BCUT2D eigenvalue weighted by molar-refractivity contribution is 6.30. The zero-order chi connectivity index (χ0) is 15.1. The van der Waals surface area contributed by atoms with E-state index in [4.69, 9.17) is 11.6 Å². The Bertz CT molecular complexity index is 596. The molecule has 1 N–H and O–H groups in total. The molecule has 21 heavy (non-hydrogen) atoms. The Hall–Kier alpha value is -2.13. The van der Waals surface area contributed by atoms with Crippen LogP contribution in [0.2, 0.25) is 5.02 Å². The van der Waals surface area contributed by atoms with Gasteiger partial charge in [0.05, 0.1) is 0 Å². The first-order chi connectivity index (χ1) is 10.2. The highest BCUT2D eigenvalue weighted by atomic mass is 35.5. The van der Waals surface area contributed by atoms with E-state index in [-0.39, 0.29) is 18.4 Å². The molecule has 4 heteroatoms. The van der Waals surface area contributed by atoms with E-state index in [0.717, 1.165) is 11.8 Å². The lowest BCUT2D eigenvalue weighted by molar-refractivity contribution is -0.108. The van der Waals surface area contributed by atoms with Gasteiger partial charge in [-0.15, -0.1) is 0 Å². The van der Waals surface area contributed by atoms with Crippen molar-refractivity contribution in [2.75, 3.05) is 0 Å². The number of benzene rings is 2. The highest BCUT2D eigenvalue weighted by Gasteiger charge is 2.14. The van der Waals surface area contributed by atoms with Gasteiger partial charge in [0.15, 0.2) is 0 Å². The van der Waals surface area contributed by atoms with Crippen molar-refractivity contribution < 1.29 is 9.59 Å². The lowest BCUT2D eigenvalue weighted by atomic mass is 10.0. The van der Waals surface area contributed by atoms with E-state index in [9.17, 15) is 9.59 Å². The molecule has 0 radical (unpaired) electrons. The number of rotatable bonds is 6. The average Bonchev–Trinajstić information content (AvgIpc) is 2.50. The van der Waals surface area contributed by atoms with Gasteiger partial charge >= 0.3 is 0 Å². The second-order valence-electron chi connectivity index (χ2n) is 4.77. The fourth-order valence-corrected chi connectivity index (χ4v) is 2.20. The second kappa shape index (κ2) is 7.60. The van der Waals surface area contributed by atoms with Crippen LogP contribution in [0.4, 0.5) is 0 Å². The van der Waals surface area contributed by atoms with Crippen molar-refractivity contribution in [3.05, 3.63) is 70.7 Å². The monoisotopic (exact) mass is 301 g/mol. The van der Waals surface area contributed by atoms with Crippen molar-refractivity contribution in [2.45, 2.75) is 18.9 Å². The molecule has 2 aromatic rings. The van der Waals surface area contributed by atoms with E-state index < -0.39 is 0 Å². The summed E-state index contributed by atoms with van der Waals surface area (Å²) in [5.41, 5.74) is 1.61. The average molecular weight is 302 g/mol. The van der Waals surface area contributed by atoms with Crippen LogP contribution in [0.25, 0.3) is 0 Å². The molecule has 1 atom stereocenters. The Morgan fingerprint density at radius 3 is 2.38 bits per heavy atom. The third kappa shape index (κ3) is 4.72. The van der Waals surface area contributed by atoms with Crippen LogP contribution in [0.5, 0.6) is 0 Å². The summed E-state index contributed by atoms with van der Waals surface area (Å²) in [6.45, 7) is 0. The van der Waals surface area contributed by atoms with Gasteiger partial charge in [-0.25, -0.2) is 0 Å². The van der Waals surface area contributed by atoms with Crippen LogP contribution >= 0.6 is 11.6 Å². The number of aldehydes is 1. The second-order valence-corrected chi connectivity index (χ2v) is 5.21. The number of hydrogen-bond donors (Lipinski definition) is 1. The topological polar surface area (TPSA) is 46.2 Å². The number of carbonyl (C=O) groups excluding carboxylic acids is 2. The molecule has 0 aromatic heterocycles. The van der Waals surface area contributed by atoms with E-state index >= 15 is 0 Å². The summed E-state index contributed by atoms with van der Waals surface area (Å²) in [7, 11) is 0. The molecule has 0 saturated carbocycles. The molecule has 1 amide bonds. The fraction of sp³-hybridized carbons (Fsp3) is 0.176. The van der Waals surface area contributed by atoms with Gasteiger partial charge < -0.3 is 10.1 Å². The molecule has 0 heterocycles. The Labute approximate surface area is 128 Å². The number of hydrogen-bond acceptors (Lipinski definition) is 2.